The van der Waals surface area contributed by atoms with Crippen LogP contribution in [0.15, 0.2) is 10.5 Å². The van der Waals surface area contributed by atoms with E-state index in [1.807, 2.05) is 0 Å². The Balaban J connectivity index is 2.75. The van der Waals surface area contributed by atoms with Crippen molar-refractivity contribution in [3.05, 3.63) is 16.1 Å². The maximum atomic E-state index is 12.0. The van der Waals surface area contributed by atoms with Crippen molar-refractivity contribution in [3.63, 3.8) is 0 Å². The topological polar surface area (TPSA) is 65.0 Å². The fraction of sp³-hybridized carbons (Fsp3) is 0.533. The van der Waals surface area contributed by atoms with Gasteiger partial charge in [-0.15, -0.1) is 0 Å². The van der Waals surface area contributed by atoms with Crippen LogP contribution in [-0.4, -0.2) is 32.4 Å². The third-order valence-electron chi connectivity index (χ3n) is 4.14. The van der Waals surface area contributed by atoms with E-state index >= 15 is 0 Å². The van der Waals surface area contributed by atoms with Gasteiger partial charge < -0.3 is 19.3 Å². The van der Waals surface area contributed by atoms with Crippen LogP contribution in [0.25, 0.3) is 0 Å². The van der Waals surface area contributed by atoms with E-state index in [2.05, 4.69) is 15.9 Å². The van der Waals surface area contributed by atoms with Crippen LogP contribution in [0.4, 0.5) is 0 Å². The molecule has 1 fully saturated rings. The van der Waals surface area contributed by atoms with E-state index in [1.54, 1.807) is 6.07 Å². The van der Waals surface area contributed by atoms with Gasteiger partial charge in [0.2, 0.25) is 0 Å². The molecule has 2 rings (SSSR count). The van der Waals surface area contributed by atoms with Crippen LogP contribution in [0.5, 0.6) is 17.2 Å². The van der Waals surface area contributed by atoms with Crippen molar-refractivity contribution in [2.24, 2.45) is 0 Å². The molecular formula is C15H19BrO5. The molecule has 1 saturated carbocycles. The van der Waals surface area contributed by atoms with E-state index in [1.165, 1.54) is 21.3 Å². The number of rotatable bonds is 5. The van der Waals surface area contributed by atoms with Gasteiger partial charge >= 0.3 is 5.97 Å². The summed E-state index contributed by atoms with van der Waals surface area (Å²) in [6, 6.07) is 1.68. The molecule has 0 bridgehead atoms. The Bertz CT molecular complexity index is 549. The number of aliphatic carboxylic acids is 1. The summed E-state index contributed by atoms with van der Waals surface area (Å²) in [5.74, 6) is 0.666. The Labute approximate surface area is 132 Å². The predicted molar refractivity (Wildman–Crippen MR) is 81.6 cm³/mol. The molecule has 6 heteroatoms. The number of hydrogen-bond acceptors (Lipinski definition) is 4. The minimum absolute atomic E-state index is 0.487. The number of benzene rings is 1. The SMILES string of the molecule is COc1cc(OC)c(C2(C(=O)O)CCCC2)c(Br)c1OC. The maximum absolute atomic E-state index is 12.0. The molecule has 0 amide bonds. The maximum Gasteiger partial charge on any atom is 0.314 e. The number of carbonyl (C=O) groups is 1. The quantitative estimate of drug-likeness (QED) is 0.873. The lowest BCUT2D eigenvalue weighted by Crippen LogP contribution is -2.33. The smallest absolute Gasteiger partial charge is 0.314 e. The van der Waals surface area contributed by atoms with E-state index in [0.29, 0.717) is 40.1 Å². The van der Waals surface area contributed by atoms with E-state index in [4.69, 9.17) is 14.2 Å². The first-order chi connectivity index (χ1) is 10.0. The lowest BCUT2D eigenvalue weighted by Gasteiger charge is -2.29. The Hall–Kier alpha value is -1.43. The van der Waals surface area contributed by atoms with Crippen LogP contribution in [0.2, 0.25) is 0 Å². The van der Waals surface area contributed by atoms with Crippen LogP contribution in [-0.2, 0) is 10.2 Å². The fourth-order valence-electron chi connectivity index (χ4n) is 3.08. The molecule has 1 N–H and O–H groups in total. The first-order valence-corrected chi connectivity index (χ1v) is 7.53. The van der Waals surface area contributed by atoms with E-state index in [0.717, 1.165) is 12.8 Å². The van der Waals surface area contributed by atoms with Gasteiger partial charge in [0, 0.05) is 11.6 Å². The normalized spacial score (nSPS) is 16.6. The van der Waals surface area contributed by atoms with Gasteiger partial charge in [-0.2, -0.15) is 0 Å². The van der Waals surface area contributed by atoms with Crippen molar-refractivity contribution in [3.8, 4) is 17.2 Å². The molecule has 0 aromatic heterocycles. The summed E-state index contributed by atoms with van der Waals surface area (Å²) in [7, 11) is 4.59. The van der Waals surface area contributed by atoms with Gasteiger partial charge in [-0.25, -0.2) is 0 Å². The van der Waals surface area contributed by atoms with Gasteiger partial charge in [0.15, 0.2) is 11.5 Å². The molecule has 116 valence electrons. The number of hydrogen-bond donors (Lipinski definition) is 1. The summed E-state index contributed by atoms with van der Waals surface area (Å²) in [6.07, 6.45) is 2.95. The molecule has 5 nitrogen and oxygen atoms in total. The Morgan fingerprint density at radius 1 is 1.14 bits per heavy atom. The van der Waals surface area contributed by atoms with Crippen molar-refractivity contribution in [1.29, 1.82) is 0 Å². The zero-order valence-corrected chi connectivity index (χ0v) is 13.9. The second kappa shape index (κ2) is 6.13. The third kappa shape index (κ3) is 2.46. The summed E-state index contributed by atoms with van der Waals surface area (Å²) in [4.78, 5) is 12.0. The summed E-state index contributed by atoms with van der Waals surface area (Å²) >= 11 is 3.49. The highest BCUT2D eigenvalue weighted by molar-refractivity contribution is 9.10. The zero-order chi connectivity index (χ0) is 15.6. The van der Waals surface area contributed by atoms with Crippen LogP contribution in [0, 0.1) is 0 Å². The molecule has 21 heavy (non-hydrogen) atoms. The second-order valence-corrected chi connectivity index (χ2v) is 5.89. The highest BCUT2D eigenvalue weighted by atomic mass is 79.9. The monoisotopic (exact) mass is 358 g/mol. The number of carboxylic acid groups (broad SMARTS) is 1. The summed E-state index contributed by atoms with van der Waals surface area (Å²) in [5.41, 5.74) is -0.309. The fourth-order valence-corrected chi connectivity index (χ4v) is 4.02. The van der Waals surface area contributed by atoms with Gasteiger partial charge in [0.25, 0.3) is 0 Å². The third-order valence-corrected chi connectivity index (χ3v) is 4.90. The first-order valence-electron chi connectivity index (χ1n) is 6.74. The van der Waals surface area contributed by atoms with Crippen LogP contribution in [0.3, 0.4) is 0 Å². The first kappa shape index (κ1) is 15.9. The highest BCUT2D eigenvalue weighted by Gasteiger charge is 2.47. The Morgan fingerprint density at radius 2 is 1.71 bits per heavy atom. The minimum atomic E-state index is -0.941. The molecule has 0 atom stereocenters. The average molecular weight is 359 g/mol. The van der Waals surface area contributed by atoms with Gasteiger partial charge in [-0.3, -0.25) is 4.79 Å². The van der Waals surface area contributed by atoms with E-state index < -0.39 is 11.4 Å². The van der Waals surface area contributed by atoms with Gasteiger partial charge in [0.05, 0.1) is 31.2 Å². The molecular weight excluding hydrogens is 340 g/mol. The average Bonchev–Trinajstić information content (AvgIpc) is 2.96. The summed E-state index contributed by atoms with van der Waals surface area (Å²) in [5, 5.41) is 9.80. The predicted octanol–water partition coefficient (Wildman–Crippen LogP) is 3.37. The number of carboxylic acids is 1. The number of halogens is 1. The highest BCUT2D eigenvalue weighted by Crippen LogP contribution is 2.53. The molecule has 1 aliphatic rings. The van der Waals surface area contributed by atoms with Crippen LogP contribution in [0.1, 0.15) is 31.2 Å². The Morgan fingerprint density at radius 3 is 2.14 bits per heavy atom. The van der Waals surface area contributed by atoms with E-state index in [9.17, 15) is 9.90 Å². The minimum Gasteiger partial charge on any atom is -0.496 e. The summed E-state index contributed by atoms with van der Waals surface area (Å²) < 4.78 is 16.7. The lowest BCUT2D eigenvalue weighted by atomic mass is 9.78. The van der Waals surface area contributed by atoms with Gasteiger partial charge in [-0.05, 0) is 28.8 Å². The molecule has 0 spiro atoms. The molecule has 0 heterocycles. The largest absolute Gasteiger partial charge is 0.496 e. The molecule has 1 aromatic rings. The summed E-state index contributed by atoms with van der Waals surface area (Å²) in [6.45, 7) is 0. The standard InChI is InChI=1S/C15H19BrO5/c1-19-9-8-10(20-2)13(21-3)12(16)11(9)15(14(17)18)6-4-5-7-15/h8H,4-7H2,1-3H3,(H,17,18). The van der Waals surface area contributed by atoms with Crippen molar-refractivity contribution in [2.45, 2.75) is 31.1 Å². The van der Waals surface area contributed by atoms with Crippen LogP contribution >= 0.6 is 15.9 Å². The zero-order valence-electron chi connectivity index (χ0n) is 12.4. The second-order valence-electron chi connectivity index (χ2n) is 5.10. The van der Waals surface area contributed by atoms with Crippen molar-refractivity contribution >= 4 is 21.9 Å². The van der Waals surface area contributed by atoms with Crippen molar-refractivity contribution < 1.29 is 24.1 Å². The molecule has 0 saturated heterocycles. The molecule has 0 aliphatic heterocycles. The van der Waals surface area contributed by atoms with E-state index in [-0.39, 0.29) is 0 Å². The molecule has 1 aromatic carbocycles. The molecule has 0 radical (unpaired) electrons. The Kier molecular flexibility index (Phi) is 4.66. The van der Waals surface area contributed by atoms with Gasteiger partial charge in [-0.1, -0.05) is 12.8 Å². The molecule has 0 unspecified atom stereocenters. The lowest BCUT2D eigenvalue weighted by molar-refractivity contribution is -0.143. The van der Waals surface area contributed by atoms with Crippen LogP contribution < -0.4 is 14.2 Å². The van der Waals surface area contributed by atoms with Crippen molar-refractivity contribution in [1.82, 2.24) is 0 Å². The van der Waals surface area contributed by atoms with Crippen molar-refractivity contribution in [2.75, 3.05) is 21.3 Å². The van der Waals surface area contributed by atoms with Gasteiger partial charge in [0.1, 0.15) is 5.75 Å². The number of methoxy groups -OCH3 is 3. The number of ether oxygens (including phenoxy) is 3. The molecule has 1 aliphatic carbocycles.